The quantitative estimate of drug-likeness (QED) is 0.909. The first-order valence-electron chi connectivity index (χ1n) is 5.69. The second-order valence-electron chi connectivity index (χ2n) is 4.15. The lowest BCUT2D eigenvalue weighted by molar-refractivity contribution is 0.402. The van der Waals surface area contributed by atoms with Crippen LogP contribution in [0.4, 0.5) is 5.82 Å². The van der Waals surface area contributed by atoms with E-state index < -0.39 is 9.84 Å². The molecule has 1 heterocycles. The number of hydrogen-bond donors (Lipinski definition) is 1. The van der Waals surface area contributed by atoms with E-state index in [0.29, 0.717) is 21.6 Å². The third-order valence-electron chi connectivity index (χ3n) is 2.67. The largest absolute Gasteiger partial charge is 0.495 e. The number of benzene rings is 1. The van der Waals surface area contributed by atoms with Gasteiger partial charge in [0.2, 0.25) is 0 Å². The van der Waals surface area contributed by atoms with E-state index in [1.165, 1.54) is 19.4 Å². The molecule has 2 aromatic rings. The Labute approximate surface area is 125 Å². The van der Waals surface area contributed by atoms with Crippen molar-refractivity contribution in [2.45, 2.75) is 10.6 Å². The molecule has 0 bridgehead atoms. The summed E-state index contributed by atoms with van der Waals surface area (Å²) in [6, 6.07) is 8.08. The Bertz CT molecular complexity index is 715. The van der Waals surface area contributed by atoms with Crippen molar-refractivity contribution in [2.75, 3.05) is 12.8 Å². The molecule has 0 aliphatic heterocycles. The van der Waals surface area contributed by atoms with Crippen molar-refractivity contribution < 1.29 is 13.2 Å². The Morgan fingerprint density at radius 2 is 2.05 bits per heavy atom. The number of ether oxygens (including phenoxy) is 1. The molecule has 0 unspecified atom stereocenters. The Kier molecular flexibility index (Phi) is 4.29. The molecule has 1 aromatic heterocycles. The van der Waals surface area contributed by atoms with Crippen molar-refractivity contribution in [2.24, 2.45) is 0 Å². The smallest absolute Gasteiger partial charge is 0.186 e. The predicted octanol–water partition coefficient (Wildman–Crippen LogP) is 2.41. The molecule has 1 aromatic carbocycles. The van der Waals surface area contributed by atoms with Gasteiger partial charge < -0.3 is 10.5 Å². The average Bonchev–Trinajstić information content (AvgIpc) is 2.41. The third kappa shape index (κ3) is 3.29. The number of aromatic nitrogens is 1. The number of anilines is 1. The van der Waals surface area contributed by atoms with Crippen LogP contribution in [0, 0.1) is 0 Å². The predicted molar refractivity (Wildman–Crippen MR) is 80.2 cm³/mol. The zero-order chi connectivity index (χ0) is 14.8. The van der Waals surface area contributed by atoms with Crippen LogP contribution in [0.25, 0.3) is 0 Å². The Hall–Kier alpha value is -1.60. The number of nitrogen functional groups attached to an aromatic ring is 1. The standard InChI is InChI=1S/C13H13BrN2O3S/c1-19-11-4-3-10(14)6-12(11)20(17,18)8-9-2-5-13(15)16-7-9/h2-7H,8H2,1H3,(H2,15,16). The summed E-state index contributed by atoms with van der Waals surface area (Å²) in [5.74, 6) is 0.510. The molecule has 0 spiro atoms. The van der Waals surface area contributed by atoms with E-state index in [2.05, 4.69) is 20.9 Å². The molecule has 0 saturated carbocycles. The van der Waals surface area contributed by atoms with E-state index in [0.717, 1.165) is 0 Å². The molecule has 0 atom stereocenters. The molecule has 0 aliphatic rings. The molecule has 2 rings (SSSR count). The van der Waals surface area contributed by atoms with Crippen molar-refractivity contribution in [1.82, 2.24) is 4.98 Å². The number of nitrogens with two attached hydrogens (primary N) is 1. The maximum absolute atomic E-state index is 12.5. The van der Waals surface area contributed by atoms with Crippen LogP contribution in [0.2, 0.25) is 0 Å². The van der Waals surface area contributed by atoms with Crippen molar-refractivity contribution >= 4 is 31.6 Å². The minimum absolute atomic E-state index is 0.145. The number of nitrogens with zero attached hydrogens (tertiary/aromatic N) is 1. The van der Waals surface area contributed by atoms with E-state index in [9.17, 15) is 8.42 Å². The van der Waals surface area contributed by atoms with Gasteiger partial charge in [-0.3, -0.25) is 0 Å². The fourth-order valence-corrected chi connectivity index (χ4v) is 3.75. The monoisotopic (exact) mass is 356 g/mol. The molecule has 0 fully saturated rings. The minimum Gasteiger partial charge on any atom is -0.495 e. The normalized spacial score (nSPS) is 11.3. The number of halogens is 1. The van der Waals surface area contributed by atoms with Gasteiger partial charge in [0.15, 0.2) is 9.84 Å². The van der Waals surface area contributed by atoms with Crippen molar-refractivity contribution in [3.05, 3.63) is 46.6 Å². The topological polar surface area (TPSA) is 82.3 Å². The minimum atomic E-state index is -3.53. The van der Waals surface area contributed by atoms with E-state index in [4.69, 9.17) is 10.5 Å². The first kappa shape index (κ1) is 14.8. The van der Waals surface area contributed by atoms with E-state index in [1.54, 1.807) is 24.3 Å². The highest BCUT2D eigenvalue weighted by atomic mass is 79.9. The van der Waals surface area contributed by atoms with Gasteiger partial charge in [0.25, 0.3) is 0 Å². The third-order valence-corrected chi connectivity index (χ3v) is 4.86. The lowest BCUT2D eigenvalue weighted by Crippen LogP contribution is -2.07. The molecule has 0 amide bonds. The van der Waals surface area contributed by atoms with Gasteiger partial charge in [-0.25, -0.2) is 13.4 Å². The summed E-state index contributed by atoms with van der Waals surface area (Å²) < 4.78 is 30.7. The lowest BCUT2D eigenvalue weighted by Gasteiger charge is -2.10. The van der Waals surface area contributed by atoms with Crippen molar-refractivity contribution in [1.29, 1.82) is 0 Å². The first-order chi connectivity index (χ1) is 9.42. The zero-order valence-corrected chi connectivity index (χ0v) is 13.1. The Balaban J connectivity index is 2.40. The highest BCUT2D eigenvalue weighted by molar-refractivity contribution is 9.10. The molecule has 106 valence electrons. The van der Waals surface area contributed by atoms with Gasteiger partial charge in [0, 0.05) is 10.7 Å². The van der Waals surface area contributed by atoms with Crippen LogP contribution in [0.15, 0.2) is 45.9 Å². The van der Waals surface area contributed by atoms with Gasteiger partial charge >= 0.3 is 0 Å². The van der Waals surface area contributed by atoms with Gasteiger partial charge in [-0.1, -0.05) is 22.0 Å². The van der Waals surface area contributed by atoms with Crippen LogP contribution in [0.3, 0.4) is 0 Å². The molecule has 20 heavy (non-hydrogen) atoms. The second-order valence-corrected chi connectivity index (χ2v) is 7.02. The molecule has 2 N–H and O–H groups in total. The fourth-order valence-electron chi connectivity index (χ4n) is 1.71. The molecular weight excluding hydrogens is 344 g/mol. The summed E-state index contributed by atoms with van der Waals surface area (Å²) in [5.41, 5.74) is 6.05. The Morgan fingerprint density at radius 1 is 1.30 bits per heavy atom. The number of pyridine rings is 1. The molecule has 0 saturated heterocycles. The van der Waals surface area contributed by atoms with E-state index in [-0.39, 0.29) is 10.6 Å². The molecule has 0 aliphatic carbocycles. The first-order valence-corrected chi connectivity index (χ1v) is 8.13. The molecular formula is C13H13BrN2O3S. The van der Waals surface area contributed by atoms with Gasteiger partial charge in [-0.05, 0) is 29.8 Å². The van der Waals surface area contributed by atoms with Crippen LogP contribution in [0.5, 0.6) is 5.75 Å². The number of methoxy groups -OCH3 is 1. The summed E-state index contributed by atoms with van der Waals surface area (Å²) in [4.78, 5) is 4.03. The lowest BCUT2D eigenvalue weighted by atomic mass is 10.3. The second kappa shape index (κ2) is 5.80. The molecule has 7 heteroatoms. The highest BCUT2D eigenvalue weighted by Crippen LogP contribution is 2.29. The highest BCUT2D eigenvalue weighted by Gasteiger charge is 2.20. The fraction of sp³-hybridized carbons (Fsp3) is 0.154. The summed E-state index contributed by atoms with van der Waals surface area (Å²) in [6.45, 7) is 0. The number of sulfone groups is 1. The maximum Gasteiger partial charge on any atom is 0.186 e. The summed E-state index contributed by atoms with van der Waals surface area (Å²) in [5, 5.41) is 0. The number of hydrogen-bond acceptors (Lipinski definition) is 5. The van der Waals surface area contributed by atoms with Gasteiger partial charge in [-0.15, -0.1) is 0 Å². The number of rotatable bonds is 4. The van der Waals surface area contributed by atoms with Crippen molar-refractivity contribution in [3.63, 3.8) is 0 Å². The van der Waals surface area contributed by atoms with Crippen LogP contribution in [0.1, 0.15) is 5.56 Å². The molecule has 0 radical (unpaired) electrons. The van der Waals surface area contributed by atoms with Crippen LogP contribution in [-0.4, -0.2) is 20.5 Å². The van der Waals surface area contributed by atoms with Crippen LogP contribution in [-0.2, 0) is 15.6 Å². The maximum atomic E-state index is 12.5. The summed E-state index contributed by atoms with van der Waals surface area (Å²) >= 11 is 3.26. The van der Waals surface area contributed by atoms with Gasteiger partial charge in [0.05, 0.1) is 12.9 Å². The van der Waals surface area contributed by atoms with E-state index in [1.807, 2.05) is 0 Å². The average molecular weight is 357 g/mol. The zero-order valence-electron chi connectivity index (χ0n) is 10.7. The van der Waals surface area contributed by atoms with Crippen LogP contribution >= 0.6 is 15.9 Å². The van der Waals surface area contributed by atoms with Gasteiger partial charge in [-0.2, -0.15) is 0 Å². The van der Waals surface area contributed by atoms with E-state index >= 15 is 0 Å². The summed E-state index contributed by atoms with van der Waals surface area (Å²) in [7, 11) is -2.09. The molecule has 5 nitrogen and oxygen atoms in total. The SMILES string of the molecule is COc1ccc(Br)cc1S(=O)(=O)Cc1ccc(N)nc1. The summed E-state index contributed by atoms with van der Waals surface area (Å²) in [6.07, 6.45) is 1.46. The van der Waals surface area contributed by atoms with Gasteiger partial charge in [0.1, 0.15) is 16.5 Å². The van der Waals surface area contributed by atoms with Crippen LogP contribution < -0.4 is 10.5 Å². The van der Waals surface area contributed by atoms with Crippen molar-refractivity contribution in [3.8, 4) is 5.75 Å². The Morgan fingerprint density at radius 3 is 2.65 bits per heavy atom.